The van der Waals surface area contributed by atoms with Crippen molar-refractivity contribution >= 4 is 23.4 Å². The van der Waals surface area contributed by atoms with Crippen LogP contribution >= 0.6 is 11.6 Å². The Hall–Kier alpha value is -2.93. The lowest BCUT2D eigenvalue weighted by Gasteiger charge is -2.09. The van der Waals surface area contributed by atoms with Gasteiger partial charge in [-0.15, -0.1) is 0 Å². The number of carbonyl (C=O) groups is 2. The van der Waals surface area contributed by atoms with Crippen LogP contribution in [-0.2, 0) is 4.79 Å². The van der Waals surface area contributed by atoms with Crippen LogP contribution in [0.15, 0.2) is 42.5 Å². The SMILES string of the molecule is O=C(COc1ccc(Cl)cc1)NCCNC(=O)c1cc(O)cc(O)c1. The first kappa shape index (κ1) is 18.4. The Morgan fingerprint density at radius 1 is 0.960 bits per heavy atom. The fourth-order valence-corrected chi connectivity index (χ4v) is 2.06. The predicted molar refractivity (Wildman–Crippen MR) is 92.1 cm³/mol. The number of amides is 2. The van der Waals surface area contributed by atoms with Crippen molar-refractivity contribution in [2.75, 3.05) is 19.7 Å². The lowest BCUT2D eigenvalue weighted by molar-refractivity contribution is -0.123. The first-order valence-corrected chi connectivity index (χ1v) is 7.78. The predicted octanol–water partition coefficient (Wildman–Crippen LogP) is 1.68. The summed E-state index contributed by atoms with van der Waals surface area (Å²) < 4.78 is 5.28. The molecule has 0 unspecified atom stereocenters. The Labute approximate surface area is 149 Å². The van der Waals surface area contributed by atoms with Gasteiger partial charge in [0, 0.05) is 29.7 Å². The lowest BCUT2D eigenvalue weighted by Crippen LogP contribution is -2.36. The summed E-state index contributed by atoms with van der Waals surface area (Å²) in [5, 5.41) is 24.4. The van der Waals surface area contributed by atoms with Crippen molar-refractivity contribution in [3.8, 4) is 17.2 Å². The van der Waals surface area contributed by atoms with E-state index in [0.29, 0.717) is 10.8 Å². The van der Waals surface area contributed by atoms with Crippen LogP contribution in [0, 0.1) is 0 Å². The Bertz CT molecular complexity index is 729. The third kappa shape index (κ3) is 6.23. The molecule has 0 atom stereocenters. The molecule has 0 aliphatic carbocycles. The minimum Gasteiger partial charge on any atom is -0.508 e. The molecule has 0 aliphatic heterocycles. The number of halogens is 1. The molecule has 0 aliphatic rings. The zero-order chi connectivity index (χ0) is 18.2. The quantitative estimate of drug-likeness (QED) is 0.559. The number of rotatable bonds is 7. The maximum Gasteiger partial charge on any atom is 0.258 e. The third-order valence-electron chi connectivity index (χ3n) is 3.08. The van der Waals surface area contributed by atoms with Crippen LogP contribution in [0.1, 0.15) is 10.4 Å². The second-order valence-electron chi connectivity index (χ2n) is 5.09. The maximum absolute atomic E-state index is 11.9. The maximum atomic E-state index is 11.9. The molecule has 0 bridgehead atoms. The van der Waals surface area contributed by atoms with Crippen LogP contribution in [0.2, 0.25) is 5.02 Å². The largest absolute Gasteiger partial charge is 0.508 e. The van der Waals surface area contributed by atoms with E-state index < -0.39 is 5.91 Å². The van der Waals surface area contributed by atoms with Crippen LogP contribution in [-0.4, -0.2) is 41.7 Å². The van der Waals surface area contributed by atoms with Gasteiger partial charge in [0.1, 0.15) is 17.2 Å². The Morgan fingerprint density at radius 2 is 1.56 bits per heavy atom. The first-order valence-electron chi connectivity index (χ1n) is 7.40. The number of aromatic hydroxyl groups is 2. The number of nitrogens with one attached hydrogen (secondary N) is 2. The topological polar surface area (TPSA) is 108 Å². The third-order valence-corrected chi connectivity index (χ3v) is 3.33. The first-order chi connectivity index (χ1) is 11.9. The van der Waals surface area contributed by atoms with Crippen LogP contribution in [0.5, 0.6) is 17.2 Å². The molecule has 0 spiro atoms. The van der Waals surface area contributed by atoms with Gasteiger partial charge in [-0.25, -0.2) is 0 Å². The van der Waals surface area contributed by atoms with E-state index in [9.17, 15) is 19.8 Å². The van der Waals surface area contributed by atoms with E-state index in [1.54, 1.807) is 24.3 Å². The number of benzene rings is 2. The molecular weight excluding hydrogens is 348 g/mol. The van der Waals surface area contributed by atoms with E-state index in [0.717, 1.165) is 6.07 Å². The van der Waals surface area contributed by atoms with Crippen molar-refractivity contribution < 1.29 is 24.5 Å². The molecular formula is C17H17ClN2O5. The second kappa shape index (κ2) is 8.79. The van der Waals surface area contributed by atoms with Crippen LogP contribution in [0.3, 0.4) is 0 Å². The number of carbonyl (C=O) groups excluding carboxylic acids is 2. The standard InChI is InChI=1S/C17H17ClN2O5/c18-12-1-3-15(4-2-12)25-10-16(23)19-5-6-20-17(24)11-7-13(21)9-14(22)8-11/h1-4,7-9,21-22H,5-6,10H2,(H,19,23)(H,20,24). The van der Waals surface area contributed by atoms with Gasteiger partial charge in [-0.05, 0) is 36.4 Å². The molecule has 0 saturated carbocycles. The fourth-order valence-electron chi connectivity index (χ4n) is 1.94. The number of phenolic OH excluding ortho intramolecular Hbond substituents is 2. The van der Waals surface area contributed by atoms with E-state index in [-0.39, 0.29) is 42.7 Å². The van der Waals surface area contributed by atoms with Gasteiger partial charge >= 0.3 is 0 Å². The summed E-state index contributed by atoms with van der Waals surface area (Å²) in [6.07, 6.45) is 0. The van der Waals surface area contributed by atoms with Gasteiger partial charge in [-0.3, -0.25) is 9.59 Å². The molecule has 0 saturated heterocycles. The smallest absolute Gasteiger partial charge is 0.258 e. The van der Waals surface area contributed by atoms with Crippen molar-refractivity contribution in [2.24, 2.45) is 0 Å². The summed E-state index contributed by atoms with van der Waals surface area (Å²) in [5.74, 6) is -0.704. The summed E-state index contributed by atoms with van der Waals surface area (Å²) in [6, 6.07) is 10.2. The molecule has 0 fully saturated rings. The fraction of sp³-hybridized carbons (Fsp3) is 0.176. The summed E-state index contributed by atoms with van der Waals surface area (Å²) >= 11 is 5.75. The zero-order valence-corrected chi connectivity index (χ0v) is 13.9. The lowest BCUT2D eigenvalue weighted by atomic mass is 10.2. The minimum atomic E-state index is -0.474. The van der Waals surface area contributed by atoms with Gasteiger partial charge in [0.2, 0.25) is 0 Å². The van der Waals surface area contributed by atoms with E-state index >= 15 is 0 Å². The molecule has 2 amide bonds. The van der Waals surface area contributed by atoms with Crippen molar-refractivity contribution in [3.05, 3.63) is 53.1 Å². The Morgan fingerprint density at radius 3 is 2.20 bits per heavy atom. The summed E-state index contributed by atoms with van der Waals surface area (Å²) in [4.78, 5) is 23.5. The molecule has 0 radical (unpaired) electrons. The summed E-state index contributed by atoms with van der Waals surface area (Å²) in [7, 11) is 0. The van der Waals surface area contributed by atoms with Gasteiger partial charge in [-0.1, -0.05) is 11.6 Å². The van der Waals surface area contributed by atoms with Gasteiger partial charge < -0.3 is 25.6 Å². The van der Waals surface area contributed by atoms with Gasteiger partial charge in [0.15, 0.2) is 6.61 Å². The summed E-state index contributed by atoms with van der Waals surface area (Å²) in [5.41, 5.74) is 0.120. The molecule has 25 heavy (non-hydrogen) atoms. The molecule has 2 rings (SSSR count). The van der Waals surface area contributed by atoms with Crippen LogP contribution in [0.4, 0.5) is 0 Å². The molecule has 0 aromatic heterocycles. The number of phenols is 2. The molecule has 2 aromatic carbocycles. The molecule has 8 heteroatoms. The Balaban J connectivity index is 1.67. The van der Waals surface area contributed by atoms with E-state index in [1.807, 2.05) is 0 Å². The normalized spacial score (nSPS) is 10.1. The molecule has 7 nitrogen and oxygen atoms in total. The number of ether oxygens (including phenoxy) is 1. The van der Waals surface area contributed by atoms with Gasteiger partial charge in [0.05, 0.1) is 0 Å². The van der Waals surface area contributed by atoms with Gasteiger partial charge in [0.25, 0.3) is 11.8 Å². The van der Waals surface area contributed by atoms with Crippen LogP contribution in [0.25, 0.3) is 0 Å². The highest BCUT2D eigenvalue weighted by molar-refractivity contribution is 6.30. The molecule has 2 aromatic rings. The molecule has 4 N–H and O–H groups in total. The molecule has 132 valence electrons. The highest BCUT2D eigenvalue weighted by Crippen LogP contribution is 2.20. The zero-order valence-electron chi connectivity index (χ0n) is 13.2. The number of hydrogen-bond acceptors (Lipinski definition) is 5. The monoisotopic (exact) mass is 364 g/mol. The van der Waals surface area contributed by atoms with E-state index in [2.05, 4.69) is 10.6 Å². The average molecular weight is 365 g/mol. The van der Waals surface area contributed by atoms with Crippen molar-refractivity contribution in [1.29, 1.82) is 0 Å². The highest BCUT2D eigenvalue weighted by Gasteiger charge is 2.08. The van der Waals surface area contributed by atoms with E-state index in [4.69, 9.17) is 16.3 Å². The second-order valence-corrected chi connectivity index (χ2v) is 5.52. The van der Waals surface area contributed by atoms with Crippen molar-refractivity contribution in [3.63, 3.8) is 0 Å². The highest BCUT2D eigenvalue weighted by atomic mass is 35.5. The minimum absolute atomic E-state index is 0.120. The average Bonchev–Trinajstić information content (AvgIpc) is 2.57. The van der Waals surface area contributed by atoms with Crippen molar-refractivity contribution in [1.82, 2.24) is 10.6 Å². The van der Waals surface area contributed by atoms with Gasteiger partial charge in [-0.2, -0.15) is 0 Å². The summed E-state index contributed by atoms with van der Waals surface area (Å²) in [6.45, 7) is 0.233. The van der Waals surface area contributed by atoms with Crippen LogP contribution < -0.4 is 15.4 Å². The Kier molecular flexibility index (Phi) is 6.47. The molecule has 0 heterocycles. The number of hydrogen-bond donors (Lipinski definition) is 4. The van der Waals surface area contributed by atoms with Crippen molar-refractivity contribution in [2.45, 2.75) is 0 Å². The van der Waals surface area contributed by atoms with E-state index in [1.165, 1.54) is 12.1 Å².